The Morgan fingerprint density at radius 2 is 1.76 bits per heavy atom. The molecule has 7 heteroatoms. The SMILES string of the molecule is Cc1ccc(-n2c(COc3ccccc3)nnc2SCC(=O)N2CCCC2)cc1. The van der Waals surface area contributed by atoms with Gasteiger partial charge in [0.2, 0.25) is 5.91 Å². The molecule has 2 heterocycles. The molecule has 1 aliphatic rings. The summed E-state index contributed by atoms with van der Waals surface area (Å²) >= 11 is 1.43. The summed E-state index contributed by atoms with van der Waals surface area (Å²) in [5, 5.41) is 9.40. The van der Waals surface area contributed by atoms with E-state index in [1.54, 1.807) is 0 Å². The largest absolute Gasteiger partial charge is 0.486 e. The topological polar surface area (TPSA) is 60.2 Å². The number of aromatic nitrogens is 3. The van der Waals surface area contributed by atoms with Gasteiger partial charge < -0.3 is 9.64 Å². The van der Waals surface area contributed by atoms with Crippen LogP contribution in [0.1, 0.15) is 24.2 Å². The number of aryl methyl sites for hydroxylation is 1. The molecule has 1 saturated heterocycles. The quantitative estimate of drug-likeness (QED) is 0.556. The summed E-state index contributed by atoms with van der Waals surface area (Å²) in [4.78, 5) is 14.4. The first-order valence-electron chi connectivity index (χ1n) is 9.80. The third-order valence-corrected chi connectivity index (χ3v) is 5.80. The number of benzene rings is 2. The highest BCUT2D eigenvalue weighted by Gasteiger charge is 2.21. The highest BCUT2D eigenvalue weighted by molar-refractivity contribution is 7.99. The molecule has 0 bridgehead atoms. The van der Waals surface area contributed by atoms with Crippen LogP contribution in [0.2, 0.25) is 0 Å². The van der Waals surface area contributed by atoms with E-state index in [1.165, 1.54) is 17.3 Å². The van der Waals surface area contributed by atoms with E-state index >= 15 is 0 Å². The van der Waals surface area contributed by atoms with E-state index in [0.29, 0.717) is 23.3 Å². The third-order valence-electron chi connectivity index (χ3n) is 4.89. The van der Waals surface area contributed by atoms with Gasteiger partial charge in [0.15, 0.2) is 11.0 Å². The number of hydrogen-bond acceptors (Lipinski definition) is 5. The Balaban J connectivity index is 1.54. The van der Waals surface area contributed by atoms with Gasteiger partial charge in [-0.3, -0.25) is 9.36 Å². The van der Waals surface area contributed by atoms with Crippen molar-refractivity contribution in [2.24, 2.45) is 0 Å². The number of amides is 1. The van der Waals surface area contributed by atoms with Gasteiger partial charge in [0.1, 0.15) is 12.4 Å². The van der Waals surface area contributed by atoms with Crippen molar-refractivity contribution in [3.05, 3.63) is 66.0 Å². The number of ether oxygens (including phenoxy) is 1. The van der Waals surface area contributed by atoms with Gasteiger partial charge in [0.25, 0.3) is 0 Å². The molecular weight excluding hydrogens is 384 g/mol. The van der Waals surface area contributed by atoms with Crippen molar-refractivity contribution in [3.8, 4) is 11.4 Å². The van der Waals surface area contributed by atoms with Crippen molar-refractivity contribution in [1.82, 2.24) is 19.7 Å². The molecule has 4 rings (SSSR count). The molecule has 3 aromatic rings. The number of carbonyl (C=O) groups excluding carboxylic acids is 1. The van der Waals surface area contributed by atoms with Gasteiger partial charge in [-0.25, -0.2) is 0 Å². The molecule has 0 spiro atoms. The van der Waals surface area contributed by atoms with E-state index in [2.05, 4.69) is 29.3 Å². The Bertz CT molecular complexity index is 951. The monoisotopic (exact) mass is 408 g/mol. The van der Waals surface area contributed by atoms with Crippen molar-refractivity contribution < 1.29 is 9.53 Å². The number of likely N-dealkylation sites (tertiary alicyclic amines) is 1. The van der Waals surface area contributed by atoms with Crippen LogP contribution in [0.5, 0.6) is 5.75 Å². The minimum Gasteiger partial charge on any atom is -0.486 e. The number of thioether (sulfide) groups is 1. The lowest BCUT2D eigenvalue weighted by atomic mass is 10.2. The third kappa shape index (κ3) is 4.79. The molecule has 1 aliphatic heterocycles. The van der Waals surface area contributed by atoms with E-state index < -0.39 is 0 Å². The van der Waals surface area contributed by atoms with Crippen LogP contribution in [0, 0.1) is 6.92 Å². The second-order valence-electron chi connectivity index (χ2n) is 7.05. The molecule has 2 aromatic carbocycles. The van der Waals surface area contributed by atoms with Crippen LogP contribution in [0.3, 0.4) is 0 Å². The molecule has 0 saturated carbocycles. The van der Waals surface area contributed by atoms with Crippen molar-refractivity contribution >= 4 is 17.7 Å². The fourth-order valence-electron chi connectivity index (χ4n) is 3.29. The fourth-order valence-corrected chi connectivity index (χ4v) is 4.16. The van der Waals surface area contributed by atoms with Gasteiger partial charge >= 0.3 is 0 Å². The zero-order valence-corrected chi connectivity index (χ0v) is 17.3. The normalized spacial score (nSPS) is 13.6. The van der Waals surface area contributed by atoms with Crippen LogP contribution >= 0.6 is 11.8 Å². The van der Waals surface area contributed by atoms with Gasteiger partial charge in [-0.15, -0.1) is 10.2 Å². The molecule has 29 heavy (non-hydrogen) atoms. The van der Waals surface area contributed by atoms with E-state index in [1.807, 2.05) is 51.9 Å². The molecule has 0 atom stereocenters. The maximum atomic E-state index is 12.5. The lowest BCUT2D eigenvalue weighted by molar-refractivity contribution is -0.127. The average Bonchev–Trinajstić information content (AvgIpc) is 3.42. The zero-order chi connectivity index (χ0) is 20.1. The Labute approximate surface area is 174 Å². The van der Waals surface area contributed by atoms with Gasteiger partial charge in [-0.1, -0.05) is 47.7 Å². The summed E-state index contributed by atoms with van der Waals surface area (Å²) in [7, 11) is 0. The van der Waals surface area contributed by atoms with Crippen LogP contribution in [0.4, 0.5) is 0 Å². The van der Waals surface area contributed by atoms with Crippen LogP contribution in [0.25, 0.3) is 5.69 Å². The van der Waals surface area contributed by atoms with E-state index in [9.17, 15) is 4.79 Å². The summed E-state index contributed by atoms with van der Waals surface area (Å²) in [6, 6.07) is 17.8. The van der Waals surface area contributed by atoms with Crippen LogP contribution in [-0.2, 0) is 11.4 Å². The van der Waals surface area contributed by atoms with Crippen molar-refractivity contribution in [2.75, 3.05) is 18.8 Å². The summed E-state index contributed by atoms with van der Waals surface area (Å²) in [6.07, 6.45) is 2.19. The number of para-hydroxylation sites is 1. The standard InChI is InChI=1S/C22H24N4O2S/c1-17-9-11-18(12-10-17)26-20(15-28-19-7-3-2-4-8-19)23-24-22(26)29-16-21(27)25-13-5-6-14-25/h2-4,7-12H,5-6,13-16H2,1H3. The molecule has 6 nitrogen and oxygen atoms in total. The molecular formula is C22H24N4O2S. The maximum absolute atomic E-state index is 12.5. The van der Waals surface area contributed by atoms with Gasteiger partial charge in [0.05, 0.1) is 5.75 Å². The molecule has 1 fully saturated rings. The first-order valence-corrected chi connectivity index (χ1v) is 10.8. The Morgan fingerprint density at radius 3 is 2.48 bits per heavy atom. The molecule has 0 unspecified atom stereocenters. The van der Waals surface area contributed by atoms with Crippen molar-refractivity contribution in [3.63, 3.8) is 0 Å². The lowest BCUT2D eigenvalue weighted by Gasteiger charge is -2.15. The van der Waals surface area contributed by atoms with Gasteiger partial charge in [-0.2, -0.15) is 0 Å². The molecule has 1 aromatic heterocycles. The van der Waals surface area contributed by atoms with Gasteiger partial charge in [-0.05, 0) is 44.0 Å². The molecule has 0 aliphatic carbocycles. The minimum atomic E-state index is 0.160. The minimum absolute atomic E-state index is 0.160. The summed E-state index contributed by atoms with van der Waals surface area (Å²) in [5.41, 5.74) is 2.14. The Kier molecular flexibility index (Phi) is 6.14. The van der Waals surface area contributed by atoms with E-state index in [-0.39, 0.29) is 5.91 Å². The highest BCUT2D eigenvalue weighted by Crippen LogP contribution is 2.24. The van der Waals surface area contributed by atoms with E-state index in [0.717, 1.165) is 37.4 Å². The first-order chi connectivity index (χ1) is 14.2. The first kappa shape index (κ1) is 19.5. The fraction of sp³-hybridized carbons (Fsp3) is 0.318. The van der Waals surface area contributed by atoms with Crippen LogP contribution < -0.4 is 4.74 Å². The Hall–Kier alpha value is -2.80. The van der Waals surface area contributed by atoms with Gasteiger partial charge in [0, 0.05) is 18.8 Å². The zero-order valence-electron chi connectivity index (χ0n) is 16.5. The van der Waals surface area contributed by atoms with Crippen molar-refractivity contribution in [1.29, 1.82) is 0 Å². The highest BCUT2D eigenvalue weighted by atomic mass is 32.2. The molecule has 0 radical (unpaired) electrons. The summed E-state index contributed by atoms with van der Waals surface area (Å²) in [5.74, 6) is 2.01. The second kappa shape index (κ2) is 9.13. The Morgan fingerprint density at radius 1 is 1.03 bits per heavy atom. The average molecular weight is 409 g/mol. The smallest absolute Gasteiger partial charge is 0.233 e. The number of hydrogen-bond donors (Lipinski definition) is 0. The summed E-state index contributed by atoms with van der Waals surface area (Å²) < 4.78 is 7.87. The molecule has 1 amide bonds. The summed E-state index contributed by atoms with van der Waals surface area (Å²) in [6.45, 7) is 4.08. The van der Waals surface area contributed by atoms with Crippen LogP contribution in [-0.4, -0.2) is 44.4 Å². The van der Waals surface area contributed by atoms with Crippen molar-refractivity contribution in [2.45, 2.75) is 31.5 Å². The second-order valence-corrected chi connectivity index (χ2v) is 7.99. The molecule has 0 N–H and O–H groups in total. The predicted molar refractivity (Wildman–Crippen MR) is 113 cm³/mol. The number of rotatable bonds is 7. The number of carbonyl (C=O) groups is 1. The molecule has 150 valence electrons. The van der Waals surface area contributed by atoms with Crippen LogP contribution in [0.15, 0.2) is 59.8 Å². The lowest BCUT2D eigenvalue weighted by Crippen LogP contribution is -2.29. The predicted octanol–water partition coefficient (Wildman–Crippen LogP) is 3.87. The van der Waals surface area contributed by atoms with E-state index in [4.69, 9.17) is 4.74 Å². The number of nitrogens with zero attached hydrogens (tertiary/aromatic N) is 4. The maximum Gasteiger partial charge on any atom is 0.233 e.